The van der Waals surface area contributed by atoms with E-state index in [0.717, 1.165) is 44.1 Å². The number of ether oxygens (including phenoxy) is 1. The second kappa shape index (κ2) is 7.55. The summed E-state index contributed by atoms with van der Waals surface area (Å²) in [6.45, 7) is 11.6. The van der Waals surface area contributed by atoms with Crippen LogP contribution < -0.4 is 15.1 Å². The Morgan fingerprint density at radius 3 is 2.55 bits per heavy atom. The second-order valence-electron chi connectivity index (χ2n) is 8.81. The van der Waals surface area contributed by atoms with Crippen LogP contribution in [0.3, 0.4) is 0 Å². The van der Waals surface area contributed by atoms with Crippen molar-refractivity contribution in [1.29, 1.82) is 0 Å². The maximum Gasteiger partial charge on any atom is 0.191 e. The molecule has 3 aromatic rings. The summed E-state index contributed by atoms with van der Waals surface area (Å²) in [7, 11) is 1.61. The molecule has 1 aromatic carbocycles. The number of aromatic amines is 1. The van der Waals surface area contributed by atoms with Crippen molar-refractivity contribution < 1.29 is 9.15 Å². The number of pyridine rings is 1. The maximum atomic E-state index is 12.9. The van der Waals surface area contributed by atoms with E-state index in [4.69, 9.17) is 9.15 Å². The van der Waals surface area contributed by atoms with Crippen molar-refractivity contribution in [3.05, 3.63) is 41.0 Å². The molecule has 0 bridgehead atoms. The molecule has 1 aliphatic heterocycles. The maximum absolute atomic E-state index is 12.9. The third-order valence-corrected chi connectivity index (χ3v) is 5.24. The molecule has 2 aromatic heterocycles. The zero-order valence-corrected chi connectivity index (χ0v) is 17.5. The first kappa shape index (κ1) is 19.5. The van der Waals surface area contributed by atoms with Crippen LogP contribution in [0.2, 0.25) is 0 Å². The highest BCUT2D eigenvalue weighted by Gasteiger charge is 2.23. The highest BCUT2D eigenvalue weighted by Crippen LogP contribution is 2.33. The zero-order valence-electron chi connectivity index (χ0n) is 17.5. The molecule has 0 saturated carbocycles. The van der Waals surface area contributed by atoms with E-state index in [2.05, 4.69) is 40.5 Å². The SMILES string of the molecule is COc1cc2[nH]c(N3CCN(CC(C)(C)C)CC3)cc(=O)c2cc1-c1cnco1. The Hall–Kier alpha value is -2.80. The van der Waals surface area contributed by atoms with Gasteiger partial charge < -0.3 is 19.0 Å². The van der Waals surface area contributed by atoms with Crippen LogP contribution in [0.15, 0.2) is 40.0 Å². The zero-order chi connectivity index (χ0) is 20.6. The summed E-state index contributed by atoms with van der Waals surface area (Å²) in [4.78, 5) is 25.0. The Morgan fingerprint density at radius 1 is 1.17 bits per heavy atom. The normalized spacial score (nSPS) is 15.8. The van der Waals surface area contributed by atoms with Crippen molar-refractivity contribution in [2.24, 2.45) is 5.41 Å². The highest BCUT2D eigenvalue weighted by molar-refractivity contribution is 5.88. The topological polar surface area (TPSA) is 74.6 Å². The van der Waals surface area contributed by atoms with Gasteiger partial charge in [-0.15, -0.1) is 0 Å². The fraction of sp³-hybridized carbons (Fsp3) is 0.455. The summed E-state index contributed by atoms with van der Waals surface area (Å²) in [5.74, 6) is 2.06. The number of rotatable bonds is 4. The van der Waals surface area contributed by atoms with Crippen molar-refractivity contribution in [1.82, 2.24) is 14.9 Å². The molecule has 0 atom stereocenters. The van der Waals surface area contributed by atoms with E-state index in [1.807, 2.05) is 6.07 Å². The van der Waals surface area contributed by atoms with Crippen LogP contribution in [-0.4, -0.2) is 54.7 Å². The average molecular weight is 396 g/mol. The fourth-order valence-corrected chi connectivity index (χ4v) is 3.96. The van der Waals surface area contributed by atoms with Crippen LogP contribution in [0.25, 0.3) is 22.2 Å². The van der Waals surface area contributed by atoms with E-state index >= 15 is 0 Å². The molecule has 0 radical (unpaired) electrons. The molecule has 0 unspecified atom stereocenters. The molecular formula is C22H28N4O3. The molecule has 0 spiro atoms. The predicted molar refractivity (Wildman–Crippen MR) is 115 cm³/mol. The van der Waals surface area contributed by atoms with E-state index in [-0.39, 0.29) is 10.8 Å². The number of hydrogen-bond donors (Lipinski definition) is 1. The third kappa shape index (κ3) is 4.15. The Bertz CT molecular complexity index is 1040. The number of nitrogens with one attached hydrogen (secondary N) is 1. The Balaban J connectivity index is 1.63. The van der Waals surface area contributed by atoms with Crippen LogP contribution in [0, 0.1) is 5.41 Å². The Kier molecular flexibility index (Phi) is 5.08. The number of aromatic nitrogens is 2. The minimum atomic E-state index is -0.0192. The average Bonchev–Trinajstić information content (AvgIpc) is 3.21. The van der Waals surface area contributed by atoms with Crippen molar-refractivity contribution in [2.45, 2.75) is 20.8 Å². The van der Waals surface area contributed by atoms with Crippen molar-refractivity contribution >= 4 is 16.7 Å². The molecule has 29 heavy (non-hydrogen) atoms. The second-order valence-corrected chi connectivity index (χ2v) is 8.81. The van der Waals surface area contributed by atoms with E-state index in [1.165, 1.54) is 6.39 Å². The number of oxazole rings is 1. The molecule has 3 heterocycles. The van der Waals surface area contributed by atoms with Crippen LogP contribution in [-0.2, 0) is 0 Å². The van der Waals surface area contributed by atoms with Gasteiger partial charge in [0.25, 0.3) is 0 Å². The van der Waals surface area contributed by atoms with Crippen LogP contribution in [0.4, 0.5) is 5.82 Å². The van der Waals surface area contributed by atoms with Gasteiger partial charge in [0.1, 0.15) is 11.6 Å². The molecule has 154 valence electrons. The molecule has 1 aliphatic rings. The minimum Gasteiger partial charge on any atom is -0.496 e. The number of anilines is 1. The molecule has 7 nitrogen and oxygen atoms in total. The summed E-state index contributed by atoms with van der Waals surface area (Å²) in [5, 5.41) is 0.604. The largest absolute Gasteiger partial charge is 0.496 e. The van der Waals surface area contributed by atoms with Gasteiger partial charge >= 0.3 is 0 Å². The van der Waals surface area contributed by atoms with E-state index < -0.39 is 0 Å². The number of H-pyrrole nitrogens is 1. The molecular weight excluding hydrogens is 368 g/mol. The minimum absolute atomic E-state index is 0.0192. The molecule has 7 heteroatoms. The number of benzene rings is 1. The molecule has 0 amide bonds. The van der Waals surface area contributed by atoms with Crippen LogP contribution in [0.5, 0.6) is 5.75 Å². The summed E-state index contributed by atoms with van der Waals surface area (Å²) < 4.78 is 10.9. The lowest BCUT2D eigenvalue weighted by Crippen LogP contribution is -2.49. The van der Waals surface area contributed by atoms with Gasteiger partial charge in [-0.2, -0.15) is 0 Å². The Labute approximate surface area is 170 Å². The van der Waals surface area contributed by atoms with E-state index in [9.17, 15) is 4.79 Å². The van der Waals surface area contributed by atoms with E-state index in [0.29, 0.717) is 22.5 Å². The molecule has 1 fully saturated rings. The van der Waals surface area contributed by atoms with Gasteiger partial charge in [0, 0.05) is 50.2 Å². The lowest BCUT2D eigenvalue weighted by Gasteiger charge is -2.38. The summed E-state index contributed by atoms with van der Waals surface area (Å²) in [6.07, 6.45) is 2.98. The monoisotopic (exact) mass is 396 g/mol. The molecule has 1 N–H and O–H groups in total. The van der Waals surface area contributed by atoms with Crippen molar-refractivity contribution in [2.75, 3.05) is 44.7 Å². The summed E-state index contributed by atoms with van der Waals surface area (Å²) in [5.41, 5.74) is 1.74. The number of fused-ring (bicyclic) bond motifs is 1. The molecule has 1 saturated heterocycles. The molecule has 4 rings (SSSR count). The van der Waals surface area contributed by atoms with Gasteiger partial charge in [-0.3, -0.25) is 9.69 Å². The first-order chi connectivity index (χ1) is 13.8. The molecule has 0 aliphatic carbocycles. The van der Waals surface area contributed by atoms with Gasteiger partial charge in [-0.25, -0.2) is 4.98 Å². The van der Waals surface area contributed by atoms with Crippen LogP contribution in [0.1, 0.15) is 20.8 Å². The summed E-state index contributed by atoms with van der Waals surface area (Å²) >= 11 is 0. The number of nitrogens with zero attached hydrogens (tertiary/aromatic N) is 3. The quantitative estimate of drug-likeness (QED) is 0.729. The van der Waals surface area contributed by atoms with Crippen molar-refractivity contribution in [3.8, 4) is 17.1 Å². The lowest BCUT2D eigenvalue weighted by molar-refractivity contribution is 0.182. The van der Waals surface area contributed by atoms with Crippen molar-refractivity contribution in [3.63, 3.8) is 0 Å². The highest BCUT2D eigenvalue weighted by atomic mass is 16.5. The van der Waals surface area contributed by atoms with Crippen LogP contribution >= 0.6 is 0 Å². The first-order valence-corrected chi connectivity index (χ1v) is 9.95. The number of methoxy groups -OCH3 is 1. The summed E-state index contributed by atoms with van der Waals surface area (Å²) in [6, 6.07) is 5.35. The Morgan fingerprint density at radius 2 is 1.93 bits per heavy atom. The van der Waals surface area contributed by atoms with Gasteiger partial charge in [0.2, 0.25) is 0 Å². The predicted octanol–water partition coefficient (Wildman–Crippen LogP) is 3.36. The number of piperazine rings is 1. The van der Waals surface area contributed by atoms with Gasteiger partial charge in [-0.05, 0) is 11.5 Å². The standard InChI is InChI=1S/C22H28N4O3/c1-22(2,3)13-25-5-7-26(8-6-25)21-11-18(27)15-9-16(20-12-23-14-29-20)19(28-4)10-17(15)24-21/h9-12,14H,5-8,13H2,1-4H3,(H,24,27). The third-order valence-electron chi connectivity index (χ3n) is 5.24. The van der Waals surface area contributed by atoms with Gasteiger partial charge in [0.05, 0.1) is 24.4 Å². The first-order valence-electron chi connectivity index (χ1n) is 9.95. The fourth-order valence-electron chi connectivity index (χ4n) is 3.96. The van der Waals surface area contributed by atoms with Gasteiger partial charge in [-0.1, -0.05) is 20.8 Å². The number of hydrogen-bond acceptors (Lipinski definition) is 6. The lowest BCUT2D eigenvalue weighted by atomic mass is 9.96. The van der Waals surface area contributed by atoms with E-state index in [1.54, 1.807) is 25.4 Å². The van der Waals surface area contributed by atoms with Gasteiger partial charge in [0.15, 0.2) is 17.6 Å². The smallest absolute Gasteiger partial charge is 0.191 e.